The molecule has 2 atom stereocenters. The smallest absolute Gasteiger partial charge is 0.407 e. The highest BCUT2D eigenvalue weighted by atomic mass is 16.4. The first-order valence-corrected chi connectivity index (χ1v) is 3.63. The second-order valence-corrected chi connectivity index (χ2v) is 3.60. The number of amides is 1. The van der Waals surface area contributed by atoms with E-state index in [9.17, 15) is 4.79 Å². The van der Waals surface area contributed by atoms with Crippen molar-refractivity contribution < 1.29 is 9.90 Å². The van der Waals surface area contributed by atoms with Gasteiger partial charge in [0.05, 0.1) is 0 Å². The fourth-order valence-electron chi connectivity index (χ4n) is 1.90. The molecule has 1 heterocycles. The average Bonchev–Trinajstić information content (AvgIpc) is 2.36. The lowest BCUT2D eigenvalue weighted by Gasteiger charge is -2.11. The molecule has 1 aliphatic carbocycles. The van der Waals surface area contributed by atoms with E-state index in [0.29, 0.717) is 11.5 Å². The van der Waals surface area contributed by atoms with E-state index in [1.807, 2.05) is 0 Å². The van der Waals surface area contributed by atoms with Crippen LogP contribution < -0.4 is 0 Å². The van der Waals surface area contributed by atoms with Crippen molar-refractivity contribution in [3.63, 3.8) is 0 Å². The number of hydrogen-bond donors (Lipinski definition) is 1. The highest BCUT2D eigenvalue weighted by molar-refractivity contribution is 5.67. The second kappa shape index (κ2) is 1.47. The fraction of sp³-hybridized carbons (Fsp3) is 0.857. The van der Waals surface area contributed by atoms with Gasteiger partial charge in [-0.1, -0.05) is 6.92 Å². The molecule has 10 heavy (non-hydrogen) atoms. The molecule has 2 unspecified atom stereocenters. The summed E-state index contributed by atoms with van der Waals surface area (Å²) in [5, 5.41) is 8.65. The molecule has 1 aliphatic heterocycles. The van der Waals surface area contributed by atoms with E-state index in [2.05, 4.69) is 6.92 Å². The van der Waals surface area contributed by atoms with Crippen LogP contribution in [0.2, 0.25) is 0 Å². The number of piperidine rings is 1. The summed E-state index contributed by atoms with van der Waals surface area (Å²) < 4.78 is 0. The van der Waals surface area contributed by atoms with E-state index >= 15 is 0 Å². The zero-order chi connectivity index (χ0) is 7.35. The maximum Gasteiger partial charge on any atom is 0.407 e. The number of rotatable bonds is 0. The summed E-state index contributed by atoms with van der Waals surface area (Å²) in [6.07, 6.45) is 1.40. The predicted octanol–water partition coefficient (Wildman–Crippen LogP) is 1.15. The summed E-state index contributed by atoms with van der Waals surface area (Å²) in [6, 6.07) is 0.352. The van der Waals surface area contributed by atoms with Gasteiger partial charge in [0.25, 0.3) is 0 Å². The van der Waals surface area contributed by atoms with Crippen LogP contribution in [-0.4, -0.2) is 28.7 Å². The SMILES string of the molecule is CC12CCN(C(=O)O)C1C2. The first-order chi connectivity index (χ1) is 4.63. The minimum Gasteiger partial charge on any atom is -0.465 e. The van der Waals surface area contributed by atoms with E-state index in [0.717, 1.165) is 19.4 Å². The standard InChI is InChI=1S/C7H11NO2/c1-7-2-3-8(6(9)10)5(7)4-7/h5H,2-4H2,1H3,(H,9,10). The molecule has 2 rings (SSSR count). The average molecular weight is 141 g/mol. The lowest BCUT2D eigenvalue weighted by atomic mass is 10.1. The van der Waals surface area contributed by atoms with Crippen LogP contribution >= 0.6 is 0 Å². The van der Waals surface area contributed by atoms with Gasteiger partial charge < -0.3 is 10.0 Å². The Morgan fingerprint density at radius 2 is 2.50 bits per heavy atom. The molecule has 0 radical (unpaired) electrons. The molecule has 1 N–H and O–H groups in total. The van der Waals surface area contributed by atoms with Crippen molar-refractivity contribution in [2.24, 2.45) is 5.41 Å². The third-order valence-electron chi connectivity index (χ3n) is 2.85. The van der Waals surface area contributed by atoms with Crippen LogP contribution in [0.3, 0.4) is 0 Å². The Hall–Kier alpha value is -0.730. The normalized spacial score (nSPS) is 43.3. The molecule has 0 bridgehead atoms. The lowest BCUT2D eigenvalue weighted by Crippen LogP contribution is -2.28. The largest absolute Gasteiger partial charge is 0.465 e. The maximum absolute atomic E-state index is 10.5. The van der Waals surface area contributed by atoms with Crippen molar-refractivity contribution in [3.8, 4) is 0 Å². The molecule has 0 aromatic rings. The van der Waals surface area contributed by atoms with Crippen LogP contribution in [0.15, 0.2) is 0 Å². The molecule has 1 saturated carbocycles. The monoisotopic (exact) mass is 141 g/mol. The first kappa shape index (κ1) is 6.01. The minimum absolute atomic E-state index is 0.352. The van der Waals surface area contributed by atoms with Gasteiger partial charge in [0.1, 0.15) is 0 Å². The molecular formula is C7H11NO2. The van der Waals surface area contributed by atoms with Gasteiger partial charge in [0.2, 0.25) is 0 Å². The van der Waals surface area contributed by atoms with E-state index in [1.54, 1.807) is 4.90 Å². The van der Waals surface area contributed by atoms with Crippen LogP contribution in [-0.2, 0) is 0 Å². The molecule has 56 valence electrons. The summed E-state index contributed by atoms with van der Waals surface area (Å²) in [5.74, 6) is 0. The van der Waals surface area contributed by atoms with Gasteiger partial charge in [-0.3, -0.25) is 0 Å². The summed E-state index contributed by atoms with van der Waals surface area (Å²) in [5.41, 5.74) is 0.360. The third kappa shape index (κ3) is 0.576. The Bertz CT molecular complexity index is 192. The quantitative estimate of drug-likeness (QED) is 0.549. The van der Waals surface area contributed by atoms with E-state index < -0.39 is 6.09 Å². The number of nitrogens with zero attached hydrogens (tertiary/aromatic N) is 1. The summed E-state index contributed by atoms with van der Waals surface area (Å²) in [7, 11) is 0. The Morgan fingerprint density at radius 1 is 1.80 bits per heavy atom. The van der Waals surface area contributed by atoms with Crippen molar-refractivity contribution in [1.29, 1.82) is 0 Å². The van der Waals surface area contributed by atoms with E-state index in [-0.39, 0.29) is 0 Å². The van der Waals surface area contributed by atoms with Gasteiger partial charge >= 0.3 is 6.09 Å². The van der Waals surface area contributed by atoms with Crippen LogP contribution in [0, 0.1) is 5.41 Å². The van der Waals surface area contributed by atoms with Crippen molar-refractivity contribution in [2.75, 3.05) is 6.54 Å². The highest BCUT2D eigenvalue weighted by Crippen LogP contribution is 2.56. The molecule has 1 saturated heterocycles. The minimum atomic E-state index is -0.744. The molecule has 3 nitrogen and oxygen atoms in total. The Kier molecular flexibility index (Phi) is 0.881. The molecule has 0 aromatic carbocycles. The Balaban J connectivity index is 2.11. The number of carboxylic acid groups (broad SMARTS) is 1. The predicted molar refractivity (Wildman–Crippen MR) is 35.9 cm³/mol. The summed E-state index contributed by atoms with van der Waals surface area (Å²) in [4.78, 5) is 12.1. The van der Waals surface area contributed by atoms with Crippen molar-refractivity contribution in [1.82, 2.24) is 4.90 Å². The van der Waals surface area contributed by atoms with Crippen molar-refractivity contribution in [3.05, 3.63) is 0 Å². The van der Waals surface area contributed by atoms with Gasteiger partial charge in [-0.05, 0) is 18.3 Å². The summed E-state index contributed by atoms with van der Waals surface area (Å²) >= 11 is 0. The van der Waals surface area contributed by atoms with Crippen LogP contribution in [0.25, 0.3) is 0 Å². The number of fused-ring (bicyclic) bond motifs is 1. The molecule has 0 spiro atoms. The third-order valence-corrected chi connectivity index (χ3v) is 2.85. The second-order valence-electron chi connectivity index (χ2n) is 3.60. The Labute approximate surface area is 59.6 Å². The van der Waals surface area contributed by atoms with Crippen molar-refractivity contribution in [2.45, 2.75) is 25.8 Å². The highest BCUT2D eigenvalue weighted by Gasteiger charge is 2.59. The van der Waals surface area contributed by atoms with Gasteiger partial charge in [0, 0.05) is 12.6 Å². The van der Waals surface area contributed by atoms with Crippen LogP contribution in [0.4, 0.5) is 4.79 Å². The molecule has 1 amide bonds. The Morgan fingerprint density at radius 3 is 2.70 bits per heavy atom. The van der Waals surface area contributed by atoms with E-state index in [4.69, 9.17) is 5.11 Å². The van der Waals surface area contributed by atoms with Crippen LogP contribution in [0.1, 0.15) is 19.8 Å². The molecule has 2 fully saturated rings. The van der Waals surface area contributed by atoms with Gasteiger partial charge in [-0.25, -0.2) is 4.79 Å². The molecule has 3 heteroatoms. The van der Waals surface area contributed by atoms with Gasteiger partial charge in [0.15, 0.2) is 0 Å². The number of carbonyl (C=O) groups is 1. The van der Waals surface area contributed by atoms with E-state index in [1.165, 1.54) is 0 Å². The topological polar surface area (TPSA) is 40.5 Å². The number of hydrogen-bond acceptors (Lipinski definition) is 1. The zero-order valence-electron chi connectivity index (χ0n) is 6.00. The fourth-order valence-corrected chi connectivity index (χ4v) is 1.90. The summed E-state index contributed by atoms with van der Waals surface area (Å²) in [6.45, 7) is 2.91. The first-order valence-electron chi connectivity index (χ1n) is 3.63. The van der Waals surface area contributed by atoms with Crippen molar-refractivity contribution >= 4 is 6.09 Å². The van der Waals surface area contributed by atoms with Gasteiger partial charge in [-0.2, -0.15) is 0 Å². The van der Waals surface area contributed by atoms with Crippen LogP contribution in [0.5, 0.6) is 0 Å². The zero-order valence-corrected chi connectivity index (χ0v) is 6.00. The van der Waals surface area contributed by atoms with Gasteiger partial charge in [-0.15, -0.1) is 0 Å². The molecule has 2 aliphatic rings. The molecule has 0 aromatic heterocycles. The molecular weight excluding hydrogens is 130 g/mol. The maximum atomic E-state index is 10.5. The number of likely N-dealkylation sites (tertiary alicyclic amines) is 1. The lowest BCUT2D eigenvalue weighted by molar-refractivity contribution is 0.149.